The highest BCUT2D eigenvalue weighted by Gasteiger charge is 2.27. The SMILES string of the molecule is Cc1oc2c(cc(O)c3c2c(-c2ccccc2)nn3-c2ccccc2)c1C(=O)c1ccccc1. The standard InChI is InChI=1S/C29H20N2O3/c1-18-24(28(33)20-13-7-3-8-14-20)22-17-23(32)27-25(29(22)34-18)26(19-11-5-2-6-12-19)30-31(27)21-15-9-4-10-16-21/h2-17,32H,1H3. The third-order valence-corrected chi connectivity index (χ3v) is 6.07. The van der Waals surface area contributed by atoms with Crippen LogP contribution in [0.1, 0.15) is 21.7 Å². The molecule has 4 aromatic carbocycles. The third kappa shape index (κ3) is 3.02. The van der Waals surface area contributed by atoms with Crippen LogP contribution in [0.2, 0.25) is 0 Å². The molecule has 5 heteroatoms. The molecule has 0 saturated carbocycles. The van der Waals surface area contributed by atoms with Crippen molar-refractivity contribution in [1.82, 2.24) is 9.78 Å². The Labute approximate surface area is 195 Å². The van der Waals surface area contributed by atoms with E-state index in [0.717, 1.165) is 11.3 Å². The summed E-state index contributed by atoms with van der Waals surface area (Å²) in [6.07, 6.45) is 0. The maximum absolute atomic E-state index is 13.4. The maximum Gasteiger partial charge on any atom is 0.197 e. The second-order valence-electron chi connectivity index (χ2n) is 8.19. The summed E-state index contributed by atoms with van der Waals surface area (Å²) in [5.41, 5.74) is 4.46. The van der Waals surface area contributed by atoms with Crippen LogP contribution < -0.4 is 0 Å². The zero-order valence-electron chi connectivity index (χ0n) is 18.4. The van der Waals surface area contributed by atoms with Crippen LogP contribution in [0, 0.1) is 6.92 Å². The van der Waals surface area contributed by atoms with E-state index in [-0.39, 0.29) is 11.5 Å². The lowest BCUT2D eigenvalue weighted by Gasteiger charge is -2.05. The first kappa shape index (κ1) is 20.0. The van der Waals surface area contributed by atoms with Crippen molar-refractivity contribution in [3.63, 3.8) is 0 Å². The minimum atomic E-state index is -0.146. The number of aromatic hydroxyl groups is 1. The molecule has 164 valence electrons. The average molecular weight is 444 g/mol. The minimum absolute atomic E-state index is 0.0314. The van der Waals surface area contributed by atoms with Crippen molar-refractivity contribution in [3.8, 4) is 22.7 Å². The van der Waals surface area contributed by atoms with Crippen LogP contribution in [0.15, 0.2) is 101 Å². The highest BCUT2D eigenvalue weighted by Crippen LogP contribution is 2.43. The molecule has 0 unspecified atom stereocenters. The van der Waals surface area contributed by atoms with Gasteiger partial charge in [-0.1, -0.05) is 78.9 Å². The highest BCUT2D eigenvalue weighted by atomic mass is 16.3. The number of fused-ring (bicyclic) bond motifs is 3. The number of phenolic OH excluding ortho intramolecular Hbond substituents is 1. The normalized spacial score (nSPS) is 11.3. The van der Waals surface area contributed by atoms with E-state index in [1.807, 2.05) is 78.9 Å². The average Bonchev–Trinajstić information content (AvgIpc) is 3.44. The van der Waals surface area contributed by atoms with Crippen molar-refractivity contribution >= 4 is 27.7 Å². The van der Waals surface area contributed by atoms with Crippen molar-refractivity contribution in [2.75, 3.05) is 0 Å². The summed E-state index contributed by atoms with van der Waals surface area (Å²) in [7, 11) is 0. The van der Waals surface area contributed by atoms with E-state index in [1.165, 1.54) is 0 Å². The number of benzene rings is 4. The highest BCUT2D eigenvalue weighted by molar-refractivity contribution is 6.22. The number of aryl methyl sites for hydroxylation is 1. The second kappa shape index (κ2) is 7.74. The summed E-state index contributed by atoms with van der Waals surface area (Å²) in [6, 6.07) is 30.1. The molecule has 0 amide bonds. The Morgan fingerprint density at radius 3 is 2.18 bits per heavy atom. The topological polar surface area (TPSA) is 68.3 Å². The molecule has 0 aliphatic rings. The van der Waals surface area contributed by atoms with Gasteiger partial charge in [-0.3, -0.25) is 4.79 Å². The number of aromatic nitrogens is 2. The summed E-state index contributed by atoms with van der Waals surface area (Å²) in [6.45, 7) is 1.78. The first-order valence-corrected chi connectivity index (χ1v) is 11.0. The van der Waals surface area contributed by atoms with Gasteiger partial charge >= 0.3 is 0 Å². The summed E-state index contributed by atoms with van der Waals surface area (Å²) < 4.78 is 7.96. The van der Waals surface area contributed by atoms with E-state index in [4.69, 9.17) is 9.52 Å². The van der Waals surface area contributed by atoms with Gasteiger partial charge in [0, 0.05) is 16.5 Å². The number of phenols is 1. The lowest BCUT2D eigenvalue weighted by atomic mass is 9.98. The van der Waals surface area contributed by atoms with Gasteiger partial charge in [-0.15, -0.1) is 0 Å². The Bertz CT molecular complexity index is 1670. The lowest BCUT2D eigenvalue weighted by molar-refractivity contribution is 0.103. The van der Waals surface area contributed by atoms with Crippen LogP contribution in [0.5, 0.6) is 5.75 Å². The smallest absolute Gasteiger partial charge is 0.197 e. The predicted octanol–water partition coefficient (Wildman–Crippen LogP) is 6.68. The molecule has 0 radical (unpaired) electrons. The molecule has 0 fully saturated rings. The van der Waals surface area contributed by atoms with Gasteiger partial charge in [-0.05, 0) is 25.1 Å². The molecule has 34 heavy (non-hydrogen) atoms. The molecular formula is C29H20N2O3. The van der Waals surface area contributed by atoms with Gasteiger partial charge in [-0.2, -0.15) is 5.10 Å². The van der Waals surface area contributed by atoms with Crippen LogP contribution in [0.25, 0.3) is 38.8 Å². The number of hydrogen-bond donors (Lipinski definition) is 1. The number of para-hydroxylation sites is 1. The van der Waals surface area contributed by atoms with E-state index in [9.17, 15) is 9.90 Å². The van der Waals surface area contributed by atoms with Crippen LogP contribution in [0.4, 0.5) is 0 Å². The van der Waals surface area contributed by atoms with Crippen LogP contribution in [-0.2, 0) is 0 Å². The summed E-state index contributed by atoms with van der Waals surface area (Å²) in [5.74, 6) is 0.387. The molecule has 0 aliphatic heterocycles. The van der Waals surface area contributed by atoms with Gasteiger partial charge in [-0.25, -0.2) is 4.68 Å². The molecule has 1 N–H and O–H groups in total. The Morgan fingerprint density at radius 1 is 0.882 bits per heavy atom. The first-order chi connectivity index (χ1) is 16.6. The Morgan fingerprint density at radius 2 is 1.50 bits per heavy atom. The van der Waals surface area contributed by atoms with Crippen molar-refractivity contribution in [1.29, 1.82) is 0 Å². The molecule has 0 saturated heterocycles. The fourth-order valence-corrected chi connectivity index (χ4v) is 4.53. The number of rotatable bonds is 4. The molecule has 0 aliphatic carbocycles. The van der Waals surface area contributed by atoms with Gasteiger partial charge in [0.2, 0.25) is 0 Å². The van der Waals surface area contributed by atoms with E-state index in [1.54, 1.807) is 29.8 Å². The molecule has 0 bridgehead atoms. The van der Waals surface area contributed by atoms with Gasteiger partial charge in [0.25, 0.3) is 0 Å². The monoisotopic (exact) mass is 444 g/mol. The molecule has 2 heterocycles. The van der Waals surface area contributed by atoms with Crippen LogP contribution in [-0.4, -0.2) is 20.7 Å². The fraction of sp³-hybridized carbons (Fsp3) is 0.0345. The molecule has 6 rings (SSSR count). The van der Waals surface area contributed by atoms with Crippen LogP contribution >= 0.6 is 0 Å². The van der Waals surface area contributed by atoms with E-state index < -0.39 is 0 Å². The van der Waals surface area contributed by atoms with Crippen molar-refractivity contribution in [2.45, 2.75) is 6.92 Å². The largest absolute Gasteiger partial charge is 0.506 e. The zero-order valence-corrected chi connectivity index (χ0v) is 18.4. The zero-order chi connectivity index (χ0) is 23.2. The summed E-state index contributed by atoms with van der Waals surface area (Å²) in [5, 5.41) is 17.4. The Balaban J connectivity index is 1.72. The summed E-state index contributed by atoms with van der Waals surface area (Å²) >= 11 is 0. The fourth-order valence-electron chi connectivity index (χ4n) is 4.53. The third-order valence-electron chi connectivity index (χ3n) is 6.07. The Kier molecular flexibility index (Phi) is 4.56. The second-order valence-corrected chi connectivity index (χ2v) is 8.19. The minimum Gasteiger partial charge on any atom is -0.506 e. The maximum atomic E-state index is 13.4. The first-order valence-electron chi connectivity index (χ1n) is 11.0. The van der Waals surface area contributed by atoms with E-state index in [2.05, 4.69) is 0 Å². The van der Waals surface area contributed by atoms with E-state index >= 15 is 0 Å². The molecule has 0 atom stereocenters. The molecule has 0 spiro atoms. The molecule has 2 aromatic heterocycles. The number of carbonyl (C=O) groups excluding carboxylic acids is 1. The lowest BCUT2D eigenvalue weighted by Crippen LogP contribution is -2.01. The number of ketones is 1. The number of furan rings is 1. The van der Waals surface area contributed by atoms with Crippen LogP contribution in [0.3, 0.4) is 0 Å². The molecule has 6 aromatic rings. The number of hydrogen-bond acceptors (Lipinski definition) is 4. The van der Waals surface area contributed by atoms with Gasteiger partial charge in [0.05, 0.1) is 16.6 Å². The van der Waals surface area contributed by atoms with Crippen molar-refractivity contribution in [2.24, 2.45) is 0 Å². The molecule has 5 nitrogen and oxygen atoms in total. The Hall–Kier alpha value is -4.64. The van der Waals surface area contributed by atoms with Crippen molar-refractivity contribution < 1.29 is 14.3 Å². The number of nitrogens with zero attached hydrogens (tertiary/aromatic N) is 2. The van der Waals surface area contributed by atoms with Gasteiger partial charge < -0.3 is 9.52 Å². The van der Waals surface area contributed by atoms with E-state index in [0.29, 0.717) is 44.5 Å². The quantitative estimate of drug-likeness (QED) is 0.308. The van der Waals surface area contributed by atoms with Crippen molar-refractivity contribution in [3.05, 3.63) is 114 Å². The summed E-state index contributed by atoms with van der Waals surface area (Å²) in [4.78, 5) is 13.4. The van der Waals surface area contributed by atoms with Gasteiger partial charge in [0.15, 0.2) is 5.78 Å². The number of carbonyl (C=O) groups is 1. The van der Waals surface area contributed by atoms with Gasteiger partial charge in [0.1, 0.15) is 28.3 Å². The predicted molar refractivity (Wildman–Crippen MR) is 133 cm³/mol. The molecular weight excluding hydrogens is 424 g/mol.